The molecule has 23 heavy (non-hydrogen) atoms. The van der Waals surface area contributed by atoms with E-state index in [1.54, 1.807) is 24.3 Å². The highest BCUT2D eigenvalue weighted by molar-refractivity contribution is 9.11. The normalized spacial score (nSPS) is 13.4. The average molecular weight is 439 g/mol. The number of halogens is 2. The van der Waals surface area contributed by atoms with Crippen LogP contribution in [0, 0.1) is 0 Å². The predicted octanol–water partition coefficient (Wildman–Crippen LogP) is 4.28. The van der Waals surface area contributed by atoms with E-state index in [9.17, 15) is 9.59 Å². The molecule has 1 aliphatic rings. The Kier molecular flexibility index (Phi) is 4.82. The number of rotatable bonds is 5. The number of imide groups is 1. The number of carbonyl (C=O) groups excluding carboxylic acids is 2. The highest BCUT2D eigenvalue weighted by Crippen LogP contribution is 2.25. The van der Waals surface area contributed by atoms with Gasteiger partial charge in [0.15, 0.2) is 0 Å². The van der Waals surface area contributed by atoms with E-state index in [4.69, 9.17) is 4.74 Å². The lowest BCUT2D eigenvalue weighted by Crippen LogP contribution is -2.31. The van der Waals surface area contributed by atoms with Crippen molar-refractivity contribution in [1.29, 1.82) is 0 Å². The van der Waals surface area contributed by atoms with Crippen LogP contribution < -0.4 is 4.74 Å². The first-order valence-electron chi connectivity index (χ1n) is 7.10. The van der Waals surface area contributed by atoms with Crippen molar-refractivity contribution in [3.8, 4) is 5.75 Å². The number of hydrogen-bond donors (Lipinski definition) is 0. The smallest absolute Gasteiger partial charge is 0.261 e. The van der Waals surface area contributed by atoms with Crippen LogP contribution in [-0.4, -0.2) is 29.9 Å². The van der Waals surface area contributed by atoms with E-state index in [1.807, 2.05) is 18.2 Å². The molecule has 3 rings (SSSR count). The molecule has 1 heterocycles. The molecule has 0 aliphatic carbocycles. The Hall–Kier alpha value is -1.66. The van der Waals surface area contributed by atoms with Gasteiger partial charge in [0.05, 0.1) is 17.7 Å². The first-order chi connectivity index (χ1) is 11.1. The van der Waals surface area contributed by atoms with Gasteiger partial charge in [0.2, 0.25) is 0 Å². The van der Waals surface area contributed by atoms with Crippen molar-refractivity contribution in [1.82, 2.24) is 4.90 Å². The van der Waals surface area contributed by atoms with Gasteiger partial charge in [0, 0.05) is 15.5 Å². The maximum atomic E-state index is 12.2. The van der Waals surface area contributed by atoms with Gasteiger partial charge in [-0.05, 0) is 36.8 Å². The number of benzene rings is 2. The molecular weight excluding hydrogens is 426 g/mol. The van der Waals surface area contributed by atoms with Crippen LogP contribution in [0.4, 0.5) is 0 Å². The van der Waals surface area contributed by atoms with Gasteiger partial charge in [0.1, 0.15) is 5.75 Å². The molecule has 0 aromatic heterocycles. The summed E-state index contributed by atoms with van der Waals surface area (Å²) in [5.41, 5.74) is 0.962. The Morgan fingerprint density at radius 2 is 1.48 bits per heavy atom. The fraction of sp³-hybridized carbons (Fsp3) is 0.176. The molecule has 118 valence electrons. The summed E-state index contributed by atoms with van der Waals surface area (Å²) in [6.45, 7) is 0.776. The third kappa shape index (κ3) is 3.48. The Labute approximate surface area is 150 Å². The van der Waals surface area contributed by atoms with Gasteiger partial charge in [-0.3, -0.25) is 14.5 Å². The zero-order valence-corrected chi connectivity index (χ0v) is 15.3. The highest BCUT2D eigenvalue weighted by atomic mass is 79.9. The van der Waals surface area contributed by atoms with Crippen LogP contribution in [0.15, 0.2) is 51.4 Å². The van der Waals surface area contributed by atoms with Crippen molar-refractivity contribution in [3.63, 3.8) is 0 Å². The molecule has 2 aromatic rings. The standard InChI is InChI=1S/C17H13Br2NO3/c18-11-8-12(19)10-13(9-11)23-7-3-6-20-16(21)14-4-1-2-5-15(14)17(20)22/h1-2,4-5,8-10H,3,6-7H2. The van der Waals surface area contributed by atoms with Gasteiger partial charge in [-0.1, -0.05) is 44.0 Å². The largest absolute Gasteiger partial charge is 0.493 e. The predicted molar refractivity (Wildman–Crippen MR) is 93.8 cm³/mol. The molecule has 2 amide bonds. The van der Waals surface area contributed by atoms with E-state index in [2.05, 4.69) is 31.9 Å². The SMILES string of the molecule is O=C1c2ccccc2C(=O)N1CCCOc1cc(Br)cc(Br)c1. The third-order valence-electron chi connectivity index (χ3n) is 3.51. The summed E-state index contributed by atoms with van der Waals surface area (Å²) < 4.78 is 7.50. The fourth-order valence-electron chi connectivity index (χ4n) is 2.47. The van der Waals surface area contributed by atoms with Crippen molar-refractivity contribution in [2.75, 3.05) is 13.2 Å². The number of hydrogen-bond acceptors (Lipinski definition) is 3. The van der Waals surface area contributed by atoms with Crippen LogP contribution in [0.25, 0.3) is 0 Å². The van der Waals surface area contributed by atoms with E-state index >= 15 is 0 Å². The minimum atomic E-state index is -0.226. The number of carbonyl (C=O) groups is 2. The Morgan fingerprint density at radius 1 is 0.913 bits per heavy atom. The van der Waals surface area contributed by atoms with Crippen molar-refractivity contribution in [2.45, 2.75) is 6.42 Å². The van der Waals surface area contributed by atoms with E-state index in [0.29, 0.717) is 30.7 Å². The molecule has 4 nitrogen and oxygen atoms in total. The molecular formula is C17H13Br2NO3. The monoisotopic (exact) mass is 437 g/mol. The average Bonchev–Trinajstić information content (AvgIpc) is 2.75. The van der Waals surface area contributed by atoms with Gasteiger partial charge < -0.3 is 4.74 Å². The van der Waals surface area contributed by atoms with Crippen molar-refractivity contribution >= 4 is 43.7 Å². The van der Waals surface area contributed by atoms with E-state index in [0.717, 1.165) is 14.7 Å². The zero-order valence-electron chi connectivity index (χ0n) is 12.1. The molecule has 0 unspecified atom stereocenters. The summed E-state index contributed by atoms with van der Waals surface area (Å²) in [6, 6.07) is 12.6. The van der Waals surface area contributed by atoms with E-state index < -0.39 is 0 Å². The van der Waals surface area contributed by atoms with Gasteiger partial charge in [-0.2, -0.15) is 0 Å². The van der Waals surface area contributed by atoms with E-state index in [-0.39, 0.29) is 11.8 Å². The molecule has 1 aliphatic heterocycles. The minimum Gasteiger partial charge on any atom is -0.493 e. The van der Waals surface area contributed by atoms with Crippen molar-refractivity contribution < 1.29 is 14.3 Å². The van der Waals surface area contributed by atoms with Crippen LogP contribution in [0.3, 0.4) is 0 Å². The van der Waals surface area contributed by atoms with Gasteiger partial charge in [-0.25, -0.2) is 0 Å². The number of amides is 2. The molecule has 0 spiro atoms. The molecule has 0 N–H and O–H groups in total. The Balaban J connectivity index is 1.56. The molecule has 2 aromatic carbocycles. The second-order valence-electron chi connectivity index (χ2n) is 5.11. The summed E-state index contributed by atoms with van der Waals surface area (Å²) in [5.74, 6) is 0.278. The lowest BCUT2D eigenvalue weighted by Gasteiger charge is -2.14. The number of ether oxygens (including phenoxy) is 1. The van der Waals surface area contributed by atoms with E-state index in [1.165, 1.54) is 4.90 Å². The first kappa shape index (κ1) is 16.2. The first-order valence-corrected chi connectivity index (χ1v) is 8.69. The fourth-order valence-corrected chi connectivity index (χ4v) is 3.72. The number of nitrogens with zero attached hydrogens (tertiary/aromatic N) is 1. The maximum Gasteiger partial charge on any atom is 0.261 e. The molecule has 0 bridgehead atoms. The lowest BCUT2D eigenvalue weighted by atomic mass is 10.1. The molecule has 0 saturated carbocycles. The lowest BCUT2D eigenvalue weighted by molar-refractivity contribution is 0.0647. The van der Waals surface area contributed by atoms with Crippen LogP contribution in [-0.2, 0) is 0 Å². The highest BCUT2D eigenvalue weighted by Gasteiger charge is 2.34. The summed E-state index contributed by atoms with van der Waals surface area (Å²) >= 11 is 6.80. The maximum absolute atomic E-state index is 12.2. The summed E-state index contributed by atoms with van der Waals surface area (Å²) in [6.07, 6.45) is 0.579. The van der Waals surface area contributed by atoms with Crippen LogP contribution in [0.1, 0.15) is 27.1 Å². The van der Waals surface area contributed by atoms with Crippen molar-refractivity contribution in [3.05, 3.63) is 62.5 Å². The van der Waals surface area contributed by atoms with Crippen LogP contribution in [0.5, 0.6) is 5.75 Å². The third-order valence-corrected chi connectivity index (χ3v) is 4.42. The van der Waals surface area contributed by atoms with Crippen molar-refractivity contribution in [2.24, 2.45) is 0 Å². The summed E-state index contributed by atoms with van der Waals surface area (Å²) in [4.78, 5) is 25.7. The van der Waals surface area contributed by atoms with Gasteiger partial charge in [-0.15, -0.1) is 0 Å². The van der Waals surface area contributed by atoms with Crippen LogP contribution in [0.2, 0.25) is 0 Å². The van der Waals surface area contributed by atoms with Crippen LogP contribution >= 0.6 is 31.9 Å². The zero-order chi connectivity index (χ0) is 16.4. The quantitative estimate of drug-likeness (QED) is 0.517. The summed E-state index contributed by atoms with van der Waals surface area (Å²) in [5, 5.41) is 0. The molecule has 0 fully saturated rings. The molecule has 0 atom stereocenters. The topological polar surface area (TPSA) is 46.6 Å². The number of fused-ring (bicyclic) bond motifs is 1. The molecule has 0 saturated heterocycles. The Morgan fingerprint density at radius 3 is 2.04 bits per heavy atom. The summed E-state index contributed by atoms with van der Waals surface area (Å²) in [7, 11) is 0. The Bertz CT molecular complexity index is 721. The second kappa shape index (κ2) is 6.84. The molecule has 6 heteroatoms. The van der Waals surface area contributed by atoms with Gasteiger partial charge >= 0.3 is 0 Å². The second-order valence-corrected chi connectivity index (χ2v) is 6.95. The molecule has 0 radical (unpaired) electrons. The minimum absolute atomic E-state index is 0.226. The van der Waals surface area contributed by atoms with Gasteiger partial charge in [0.25, 0.3) is 11.8 Å².